The molecule has 0 saturated heterocycles. The van der Waals surface area contributed by atoms with Gasteiger partial charge in [0.05, 0.1) is 12.7 Å². The molecule has 1 N–H and O–H groups in total. The average Bonchev–Trinajstić information content (AvgIpc) is 3.19. The minimum atomic E-state index is 0.778. The molecule has 0 aliphatic heterocycles. The minimum absolute atomic E-state index is 0.778. The SMILES string of the molecule is COc1ccc2[nH]cc(C=Nc3sc4c(c3C#N)CCCCCC4)c2c1. The Labute approximate surface area is 157 Å². The molecule has 1 aliphatic carbocycles. The fourth-order valence-electron chi connectivity index (χ4n) is 3.59. The highest BCUT2D eigenvalue weighted by Crippen LogP contribution is 2.38. The molecule has 0 radical (unpaired) electrons. The summed E-state index contributed by atoms with van der Waals surface area (Å²) in [4.78, 5) is 9.32. The molecule has 4 nitrogen and oxygen atoms in total. The molecule has 2 heterocycles. The molecule has 0 atom stereocenters. The van der Waals surface area contributed by atoms with Crippen molar-refractivity contribution in [2.45, 2.75) is 38.5 Å². The number of aryl methyl sites for hydroxylation is 1. The third-order valence-corrected chi connectivity index (χ3v) is 6.21. The third-order valence-electron chi connectivity index (χ3n) is 5.01. The second kappa shape index (κ2) is 7.35. The topological polar surface area (TPSA) is 61.2 Å². The maximum atomic E-state index is 9.68. The lowest BCUT2D eigenvalue weighted by molar-refractivity contribution is 0.415. The van der Waals surface area contributed by atoms with Crippen LogP contribution in [0.3, 0.4) is 0 Å². The van der Waals surface area contributed by atoms with Crippen LogP contribution in [0.15, 0.2) is 29.4 Å². The van der Waals surface area contributed by atoms with E-state index in [4.69, 9.17) is 9.73 Å². The number of ether oxygens (including phenoxy) is 1. The maximum Gasteiger partial charge on any atom is 0.134 e. The van der Waals surface area contributed by atoms with Crippen molar-refractivity contribution in [1.82, 2.24) is 4.98 Å². The molecular weight excluding hydrogens is 342 g/mol. The van der Waals surface area contributed by atoms with E-state index in [1.165, 1.54) is 36.1 Å². The van der Waals surface area contributed by atoms with E-state index in [0.717, 1.165) is 45.6 Å². The van der Waals surface area contributed by atoms with Gasteiger partial charge in [-0.05, 0) is 49.4 Å². The second-order valence-corrected chi connectivity index (χ2v) is 7.71. The van der Waals surface area contributed by atoms with E-state index >= 15 is 0 Å². The van der Waals surface area contributed by atoms with Crippen LogP contribution in [0.4, 0.5) is 5.00 Å². The van der Waals surface area contributed by atoms with Gasteiger partial charge in [-0.15, -0.1) is 11.3 Å². The van der Waals surface area contributed by atoms with Crippen LogP contribution in [0.1, 0.15) is 47.3 Å². The highest BCUT2D eigenvalue weighted by atomic mass is 32.1. The molecule has 5 heteroatoms. The van der Waals surface area contributed by atoms with Gasteiger partial charge >= 0.3 is 0 Å². The van der Waals surface area contributed by atoms with E-state index in [0.29, 0.717) is 0 Å². The number of aromatic amines is 1. The van der Waals surface area contributed by atoms with Crippen LogP contribution in [0.25, 0.3) is 10.9 Å². The molecule has 4 rings (SSSR count). The Morgan fingerprint density at radius 1 is 1.23 bits per heavy atom. The van der Waals surface area contributed by atoms with Gasteiger partial charge < -0.3 is 9.72 Å². The Morgan fingerprint density at radius 3 is 2.88 bits per heavy atom. The summed E-state index contributed by atoms with van der Waals surface area (Å²) in [5, 5.41) is 11.6. The lowest BCUT2D eigenvalue weighted by Crippen LogP contribution is -1.97. The lowest BCUT2D eigenvalue weighted by Gasteiger charge is -2.08. The highest BCUT2D eigenvalue weighted by Gasteiger charge is 2.18. The van der Waals surface area contributed by atoms with Crippen LogP contribution < -0.4 is 4.74 Å². The summed E-state index contributed by atoms with van der Waals surface area (Å²) in [5.74, 6) is 0.823. The fourth-order valence-corrected chi connectivity index (χ4v) is 4.78. The lowest BCUT2D eigenvalue weighted by atomic mass is 9.97. The monoisotopic (exact) mass is 363 g/mol. The fraction of sp³-hybridized carbons (Fsp3) is 0.333. The Morgan fingerprint density at radius 2 is 2.08 bits per heavy atom. The molecule has 132 valence electrons. The van der Waals surface area contributed by atoms with Crippen molar-refractivity contribution in [2.24, 2.45) is 4.99 Å². The van der Waals surface area contributed by atoms with Gasteiger partial charge in [-0.2, -0.15) is 5.26 Å². The first kappa shape index (κ1) is 16.9. The number of fused-ring (bicyclic) bond motifs is 2. The minimum Gasteiger partial charge on any atom is -0.497 e. The molecule has 0 fully saturated rings. The number of nitriles is 1. The first-order valence-electron chi connectivity index (χ1n) is 9.04. The van der Waals surface area contributed by atoms with Crippen molar-refractivity contribution in [3.05, 3.63) is 46.0 Å². The summed E-state index contributed by atoms with van der Waals surface area (Å²) in [6.45, 7) is 0. The zero-order valence-corrected chi connectivity index (χ0v) is 15.7. The van der Waals surface area contributed by atoms with Crippen LogP contribution >= 0.6 is 11.3 Å². The molecule has 26 heavy (non-hydrogen) atoms. The normalized spacial score (nSPS) is 14.8. The number of hydrogen-bond donors (Lipinski definition) is 1. The van der Waals surface area contributed by atoms with Crippen molar-refractivity contribution >= 4 is 33.5 Å². The van der Waals surface area contributed by atoms with Crippen LogP contribution in [0.5, 0.6) is 5.75 Å². The van der Waals surface area contributed by atoms with Gasteiger partial charge in [0, 0.05) is 33.8 Å². The van der Waals surface area contributed by atoms with E-state index in [1.54, 1.807) is 18.4 Å². The van der Waals surface area contributed by atoms with Crippen molar-refractivity contribution in [2.75, 3.05) is 7.11 Å². The first-order valence-corrected chi connectivity index (χ1v) is 9.85. The largest absolute Gasteiger partial charge is 0.497 e. The van der Waals surface area contributed by atoms with E-state index in [-0.39, 0.29) is 0 Å². The Hall–Kier alpha value is -2.58. The number of rotatable bonds is 3. The zero-order valence-electron chi connectivity index (χ0n) is 14.8. The number of H-pyrrole nitrogens is 1. The number of nitrogens with zero attached hydrogens (tertiary/aromatic N) is 2. The number of hydrogen-bond acceptors (Lipinski definition) is 4. The van der Waals surface area contributed by atoms with Crippen molar-refractivity contribution in [3.8, 4) is 11.8 Å². The molecule has 1 aromatic carbocycles. The Kier molecular flexibility index (Phi) is 4.77. The molecule has 0 saturated carbocycles. The second-order valence-electron chi connectivity index (χ2n) is 6.62. The van der Waals surface area contributed by atoms with Crippen LogP contribution in [0.2, 0.25) is 0 Å². The van der Waals surface area contributed by atoms with Gasteiger partial charge in [0.15, 0.2) is 0 Å². The molecule has 0 spiro atoms. The summed E-state index contributed by atoms with van der Waals surface area (Å²) < 4.78 is 5.33. The maximum absolute atomic E-state index is 9.68. The van der Waals surface area contributed by atoms with Gasteiger partial charge in [0.25, 0.3) is 0 Å². The van der Waals surface area contributed by atoms with Gasteiger partial charge in [0.2, 0.25) is 0 Å². The predicted molar refractivity (Wildman–Crippen MR) is 107 cm³/mol. The standard InChI is InChI=1S/C21H21N3OS/c1-25-15-8-9-19-17(10-15)14(12-23-19)13-24-21-18(11-22)16-6-4-2-3-5-7-20(16)26-21/h8-10,12-13,23H,2-7H2,1H3. The number of aliphatic imine (C=N–C) groups is 1. The number of methoxy groups -OCH3 is 1. The van der Waals surface area contributed by atoms with E-state index < -0.39 is 0 Å². The van der Waals surface area contributed by atoms with E-state index in [2.05, 4.69) is 11.1 Å². The summed E-state index contributed by atoms with van der Waals surface area (Å²) in [5.41, 5.74) is 4.07. The van der Waals surface area contributed by atoms with Crippen molar-refractivity contribution in [3.63, 3.8) is 0 Å². The Bertz CT molecular complexity index is 1010. The predicted octanol–water partition coefficient (Wildman–Crippen LogP) is 5.52. The summed E-state index contributed by atoms with van der Waals surface area (Å²) in [6.07, 6.45) is 10.8. The van der Waals surface area contributed by atoms with E-state index in [1.807, 2.05) is 30.6 Å². The van der Waals surface area contributed by atoms with Gasteiger partial charge in [-0.25, -0.2) is 4.99 Å². The van der Waals surface area contributed by atoms with Gasteiger partial charge in [0.1, 0.15) is 16.8 Å². The number of aromatic nitrogens is 1. The first-order chi connectivity index (χ1) is 12.8. The van der Waals surface area contributed by atoms with Gasteiger partial charge in [-0.1, -0.05) is 12.8 Å². The molecule has 0 amide bonds. The average molecular weight is 363 g/mol. The van der Waals surface area contributed by atoms with Crippen molar-refractivity contribution < 1.29 is 4.74 Å². The smallest absolute Gasteiger partial charge is 0.134 e. The molecule has 0 bridgehead atoms. The molecule has 1 aliphatic rings. The quantitative estimate of drug-likeness (QED) is 0.623. The number of nitrogens with one attached hydrogen (secondary N) is 1. The highest BCUT2D eigenvalue weighted by molar-refractivity contribution is 7.16. The van der Waals surface area contributed by atoms with Gasteiger partial charge in [-0.3, -0.25) is 0 Å². The number of benzene rings is 1. The Balaban J connectivity index is 1.71. The summed E-state index contributed by atoms with van der Waals surface area (Å²) in [6, 6.07) is 8.35. The molecule has 2 aromatic heterocycles. The van der Waals surface area contributed by atoms with E-state index in [9.17, 15) is 5.26 Å². The summed E-state index contributed by atoms with van der Waals surface area (Å²) in [7, 11) is 1.67. The number of thiophene rings is 1. The van der Waals surface area contributed by atoms with Crippen LogP contribution in [-0.4, -0.2) is 18.3 Å². The zero-order chi connectivity index (χ0) is 17.9. The molecular formula is C21H21N3OS. The molecule has 3 aromatic rings. The molecule has 0 unspecified atom stereocenters. The summed E-state index contributed by atoms with van der Waals surface area (Å²) >= 11 is 1.69. The van der Waals surface area contributed by atoms with Crippen LogP contribution in [-0.2, 0) is 12.8 Å². The van der Waals surface area contributed by atoms with Crippen molar-refractivity contribution in [1.29, 1.82) is 5.26 Å². The van der Waals surface area contributed by atoms with Crippen LogP contribution in [0, 0.1) is 11.3 Å². The third kappa shape index (κ3) is 3.13.